The lowest BCUT2D eigenvalue weighted by Crippen LogP contribution is -2.21. The second kappa shape index (κ2) is 7.08. The van der Waals surface area contributed by atoms with Crippen molar-refractivity contribution in [1.29, 1.82) is 0 Å². The van der Waals surface area contributed by atoms with E-state index in [4.69, 9.17) is 9.84 Å². The molecule has 3 heteroatoms. The molecule has 106 valence electrons. The summed E-state index contributed by atoms with van der Waals surface area (Å²) < 4.78 is 5.39. The van der Waals surface area contributed by atoms with Crippen LogP contribution in [0.25, 0.3) is 11.1 Å². The van der Waals surface area contributed by atoms with Crippen LogP contribution in [0, 0.1) is 0 Å². The van der Waals surface area contributed by atoms with Crippen LogP contribution in [0.4, 0.5) is 0 Å². The number of benzene rings is 2. The number of ether oxygens (including phenoxy) is 1. The highest BCUT2D eigenvalue weighted by Gasteiger charge is 2.05. The molecule has 0 aromatic heterocycles. The van der Waals surface area contributed by atoms with E-state index in [2.05, 4.69) is 35.2 Å². The van der Waals surface area contributed by atoms with Crippen molar-refractivity contribution in [2.24, 2.45) is 0 Å². The highest BCUT2D eigenvalue weighted by atomic mass is 16.5. The zero-order chi connectivity index (χ0) is 14.4. The molecule has 0 bridgehead atoms. The molecule has 0 unspecified atom stereocenters. The van der Waals surface area contributed by atoms with Gasteiger partial charge in [-0.05, 0) is 24.2 Å². The minimum atomic E-state index is 0.190. The van der Waals surface area contributed by atoms with E-state index in [-0.39, 0.29) is 6.61 Å². The minimum absolute atomic E-state index is 0.190. The first-order valence-corrected chi connectivity index (χ1v) is 6.76. The van der Waals surface area contributed by atoms with E-state index >= 15 is 0 Å². The van der Waals surface area contributed by atoms with Gasteiger partial charge in [0.05, 0.1) is 13.7 Å². The second-order valence-electron chi connectivity index (χ2n) is 4.86. The summed E-state index contributed by atoms with van der Waals surface area (Å²) in [7, 11) is 3.70. The maximum atomic E-state index is 8.91. The Morgan fingerprint density at radius 3 is 2.40 bits per heavy atom. The highest BCUT2D eigenvalue weighted by Crippen LogP contribution is 2.29. The van der Waals surface area contributed by atoms with Crippen LogP contribution < -0.4 is 4.74 Å². The monoisotopic (exact) mass is 271 g/mol. The molecular formula is C17H21NO2. The lowest BCUT2D eigenvalue weighted by atomic mass is 10.0. The molecule has 2 rings (SSSR count). The van der Waals surface area contributed by atoms with Gasteiger partial charge < -0.3 is 9.84 Å². The van der Waals surface area contributed by atoms with Crippen molar-refractivity contribution in [1.82, 2.24) is 4.90 Å². The summed E-state index contributed by atoms with van der Waals surface area (Å²) in [6.45, 7) is 1.72. The standard InChI is InChI=1S/C17H21NO2/c1-18(11-12-19)13-14-7-9-15(10-8-14)16-5-3-4-6-17(16)20-2/h3-10,19H,11-13H2,1-2H3. The van der Waals surface area contributed by atoms with Gasteiger partial charge in [0.2, 0.25) is 0 Å². The Morgan fingerprint density at radius 1 is 1.05 bits per heavy atom. The summed E-state index contributed by atoms with van der Waals surface area (Å²) in [5.74, 6) is 0.887. The van der Waals surface area contributed by atoms with Crippen molar-refractivity contribution in [2.45, 2.75) is 6.54 Å². The average molecular weight is 271 g/mol. The van der Waals surface area contributed by atoms with Crippen molar-refractivity contribution < 1.29 is 9.84 Å². The summed E-state index contributed by atoms with van der Waals surface area (Å²) in [5.41, 5.74) is 3.49. The van der Waals surface area contributed by atoms with Crippen LogP contribution in [0.15, 0.2) is 48.5 Å². The predicted molar refractivity (Wildman–Crippen MR) is 81.8 cm³/mol. The number of para-hydroxylation sites is 1. The van der Waals surface area contributed by atoms with Crippen molar-refractivity contribution >= 4 is 0 Å². The molecule has 0 saturated carbocycles. The number of aliphatic hydroxyl groups excluding tert-OH is 1. The Bertz CT molecular complexity index is 537. The Morgan fingerprint density at radius 2 is 1.75 bits per heavy atom. The SMILES string of the molecule is COc1ccccc1-c1ccc(CN(C)CCO)cc1. The third-order valence-electron chi connectivity index (χ3n) is 3.31. The summed E-state index contributed by atoms with van der Waals surface area (Å²) >= 11 is 0. The van der Waals surface area contributed by atoms with Gasteiger partial charge in [-0.15, -0.1) is 0 Å². The average Bonchev–Trinajstić information content (AvgIpc) is 2.48. The van der Waals surface area contributed by atoms with Crippen LogP contribution in [0.3, 0.4) is 0 Å². The van der Waals surface area contributed by atoms with Gasteiger partial charge in [-0.3, -0.25) is 4.90 Å². The molecule has 0 saturated heterocycles. The first-order chi connectivity index (χ1) is 9.74. The molecule has 0 aliphatic heterocycles. The van der Waals surface area contributed by atoms with Crippen LogP contribution in [-0.4, -0.2) is 37.3 Å². The molecule has 0 radical (unpaired) electrons. The van der Waals surface area contributed by atoms with Gasteiger partial charge in [0, 0.05) is 18.7 Å². The molecule has 20 heavy (non-hydrogen) atoms. The van der Waals surface area contributed by atoms with Crippen LogP contribution >= 0.6 is 0 Å². The fourth-order valence-corrected chi connectivity index (χ4v) is 2.23. The summed E-state index contributed by atoms with van der Waals surface area (Å²) in [4.78, 5) is 2.10. The second-order valence-corrected chi connectivity index (χ2v) is 4.86. The molecule has 0 atom stereocenters. The molecule has 2 aromatic carbocycles. The maximum absolute atomic E-state index is 8.91. The van der Waals surface area contributed by atoms with E-state index in [9.17, 15) is 0 Å². The molecular weight excluding hydrogens is 250 g/mol. The maximum Gasteiger partial charge on any atom is 0.126 e. The Hall–Kier alpha value is -1.84. The van der Waals surface area contributed by atoms with E-state index in [0.717, 1.165) is 23.4 Å². The van der Waals surface area contributed by atoms with Crippen LogP contribution in [0.2, 0.25) is 0 Å². The molecule has 0 aliphatic rings. The van der Waals surface area contributed by atoms with Gasteiger partial charge in [-0.2, -0.15) is 0 Å². The molecule has 0 amide bonds. The third-order valence-corrected chi connectivity index (χ3v) is 3.31. The quantitative estimate of drug-likeness (QED) is 0.877. The molecule has 1 N–H and O–H groups in total. The van der Waals surface area contributed by atoms with Crippen molar-refractivity contribution in [2.75, 3.05) is 27.3 Å². The first kappa shape index (κ1) is 14.6. The topological polar surface area (TPSA) is 32.7 Å². The van der Waals surface area contributed by atoms with Gasteiger partial charge in [-0.1, -0.05) is 42.5 Å². The van der Waals surface area contributed by atoms with E-state index in [1.807, 2.05) is 25.2 Å². The van der Waals surface area contributed by atoms with Crippen molar-refractivity contribution in [3.8, 4) is 16.9 Å². The number of methoxy groups -OCH3 is 1. The van der Waals surface area contributed by atoms with Gasteiger partial charge in [-0.25, -0.2) is 0 Å². The van der Waals surface area contributed by atoms with Crippen LogP contribution in [-0.2, 0) is 6.54 Å². The number of likely N-dealkylation sites (N-methyl/N-ethyl adjacent to an activating group) is 1. The van der Waals surface area contributed by atoms with E-state index in [0.29, 0.717) is 6.54 Å². The van der Waals surface area contributed by atoms with Gasteiger partial charge in [0.25, 0.3) is 0 Å². The number of aliphatic hydroxyl groups is 1. The van der Waals surface area contributed by atoms with E-state index in [1.165, 1.54) is 5.56 Å². The number of nitrogens with zero attached hydrogens (tertiary/aromatic N) is 1. The van der Waals surface area contributed by atoms with E-state index < -0.39 is 0 Å². The Balaban J connectivity index is 2.15. The zero-order valence-electron chi connectivity index (χ0n) is 12.0. The summed E-state index contributed by atoms with van der Waals surface area (Å²) in [5, 5.41) is 8.91. The lowest BCUT2D eigenvalue weighted by molar-refractivity contribution is 0.217. The summed E-state index contributed by atoms with van der Waals surface area (Å²) in [6.07, 6.45) is 0. The van der Waals surface area contributed by atoms with Crippen LogP contribution in [0.5, 0.6) is 5.75 Å². The Kier molecular flexibility index (Phi) is 5.16. The van der Waals surface area contributed by atoms with E-state index in [1.54, 1.807) is 7.11 Å². The normalized spacial score (nSPS) is 10.8. The molecule has 2 aromatic rings. The Labute approximate surface area is 120 Å². The van der Waals surface area contributed by atoms with Gasteiger partial charge >= 0.3 is 0 Å². The first-order valence-electron chi connectivity index (χ1n) is 6.76. The molecule has 0 heterocycles. The van der Waals surface area contributed by atoms with Crippen molar-refractivity contribution in [3.05, 3.63) is 54.1 Å². The fourth-order valence-electron chi connectivity index (χ4n) is 2.23. The number of rotatable bonds is 6. The number of hydrogen-bond acceptors (Lipinski definition) is 3. The van der Waals surface area contributed by atoms with Gasteiger partial charge in [0.1, 0.15) is 5.75 Å². The fraction of sp³-hybridized carbons (Fsp3) is 0.294. The zero-order valence-corrected chi connectivity index (χ0v) is 12.0. The molecule has 0 spiro atoms. The smallest absolute Gasteiger partial charge is 0.126 e. The van der Waals surface area contributed by atoms with Crippen molar-refractivity contribution in [3.63, 3.8) is 0 Å². The third kappa shape index (κ3) is 3.59. The highest BCUT2D eigenvalue weighted by molar-refractivity contribution is 5.70. The van der Waals surface area contributed by atoms with Crippen LogP contribution in [0.1, 0.15) is 5.56 Å². The number of hydrogen-bond donors (Lipinski definition) is 1. The minimum Gasteiger partial charge on any atom is -0.496 e. The predicted octanol–water partition coefficient (Wildman–Crippen LogP) is 2.79. The molecule has 3 nitrogen and oxygen atoms in total. The molecule has 0 aliphatic carbocycles. The summed E-state index contributed by atoms with van der Waals surface area (Å²) in [6, 6.07) is 16.5. The largest absolute Gasteiger partial charge is 0.496 e. The van der Waals surface area contributed by atoms with Gasteiger partial charge in [0.15, 0.2) is 0 Å². The lowest BCUT2D eigenvalue weighted by Gasteiger charge is -2.15. The molecule has 0 fully saturated rings.